The summed E-state index contributed by atoms with van der Waals surface area (Å²) in [5.74, 6) is -0.815. The Kier molecular flexibility index (Phi) is 6.95. The van der Waals surface area contributed by atoms with Crippen LogP contribution < -0.4 is 9.47 Å². The fraction of sp³-hybridized carbons (Fsp3) is 0.294. The maximum Gasteiger partial charge on any atom is 0.381 e. The topological polar surface area (TPSA) is 77.4 Å². The van der Waals surface area contributed by atoms with Crippen LogP contribution in [0.1, 0.15) is 20.3 Å². The summed E-state index contributed by atoms with van der Waals surface area (Å²) in [6.07, 6.45) is 0.118. The average molecular weight is 382 g/mol. The van der Waals surface area contributed by atoms with Gasteiger partial charge in [0.05, 0.1) is 12.0 Å². The van der Waals surface area contributed by atoms with Crippen molar-refractivity contribution in [3.8, 4) is 11.5 Å². The van der Waals surface area contributed by atoms with Crippen LogP contribution in [0.2, 0.25) is 0 Å². The zero-order valence-electron chi connectivity index (χ0n) is 14.5. The minimum atomic E-state index is -2.73. The van der Waals surface area contributed by atoms with Crippen LogP contribution in [-0.2, 0) is 8.95 Å². The number of benzene rings is 2. The van der Waals surface area contributed by atoms with Crippen molar-refractivity contribution in [3.63, 3.8) is 0 Å². The molecule has 0 amide bonds. The van der Waals surface area contributed by atoms with Gasteiger partial charge in [-0.1, -0.05) is 36.4 Å². The molecule has 0 bridgehead atoms. The molecule has 0 aliphatic carbocycles. The van der Waals surface area contributed by atoms with Gasteiger partial charge >= 0.3 is 14.6 Å². The van der Waals surface area contributed by atoms with Gasteiger partial charge < -0.3 is 23.7 Å². The fourth-order valence-corrected chi connectivity index (χ4v) is 2.75. The molecule has 136 valence electrons. The average Bonchev–Trinajstić information content (AvgIpc) is 2.55. The lowest BCUT2D eigenvalue weighted by molar-refractivity contribution is -0.274. The van der Waals surface area contributed by atoms with E-state index in [9.17, 15) is 9.79 Å². The normalized spacial score (nSPS) is 12.4. The molecule has 0 radical (unpaired) electrons. The Hall–Kier alpha value is -1.47. The highest BCUT2D eigenvalue weighted by atomic mass is 31.2. The zero-order chi connectivity index (χ0) is 18.3. The van der Waals surface area contributed by atoms with Crippen LogP contribution >= 0.6 is 8.60 Å². The van der Waals surface area contributed by atoms with Gasteiger partial charge in [-0.2, -0.15) is 0 Å². The van der Waals surface area contributed by atoms with E-state index in [0.29, 0.717) is 22.0 Å². The summed E-state index contributed by atoms with van der Waals surface area (Å²) < 4.78 is 22.8. The van der Waals surface area contributed by atoms with Crippen molar-refractivity contribution >= 4 is 19.1 Å². The molecule has 6 nitrogen and oxygen atoms in total. The smallest absolute Gasteiger partial charge is 0.381 e. The highest BCUT2D eigenvalue weighted by Gasteiger charge is 2.45. The Morgan fingerprint density at radius 3 is 1.68 bits per heavy atom. The van der Waals surface area contributed by atoms with E-state index in [-0.39, 0.29) is 6.42 Å². The Balaban J connectivity index is 2.40. The van der Waals surface area contributed by atoms with Crippen LogP contribution in [-0.4, -0.2) is 31.8 Å². The standard InChI is InChI=1S/C17H23O6PSi/c1-16(2,23-25)13-17(22-24(18)19,20-14-9-5-3-6-10-14)21-15-11-7-4-8-12-15/h3-12,18-19H,13H2,1-2,25H3. The largest absolute Gasteiger partial charge is 0.430 e. The summed E-state index contributed by atoms with van der Waals surface area (Å²) in [6.45, 7) is 3.72. The quantitative estimate of drug-likeness (QED) is 0.394. The van der Waals surface area contributed by atoms with Crippen LogP contribution in [0.25, 0.3) is 0 Å². The van der Waals surface area contributed by atoms with E-state index in [1.54, 1.807) is 48.5 Å². The number of ether oxygens (including phenoxy) is 2. The van der Waals surface area contributed by atoms with Gasteiger partial charge in [-0.25, -0.2) is 4.52 Å². The van der Waals surface area contributed by atoms with Crippen molar-refractivity contribution in [1.29, 1.82) is 0 Å². The van der Waals surface area contributed by atoms with E-state index in [2.05, 4.69) is 0 Å². The summed E-state index contributed by atoms with van der Waals surface area (Å²) in [4.78, 5) is 19.0. The lowest BCUT2D eigenvalue weighted by Gasteiger charge is -2.38. The first-order chi connectivity index (χ1) is 11.8. The van der Waals surface area contributed by atoms with Crippen molar-refractivity contribution in [2.45, 2.75) is 31.8 Å². The second-order valence-corrected chi connectivity index (χ2v) is 7.09. The molecule has 2 N–H and O–H groups in total. The number of para-hydroxylation sites is 2. The van der Waals surface area contributed by atoms with Crippen molar-refractivity contribution in [3.05, 3.63) is 60.7 Å². The molecule has 25 heavy (non-hydrogen) atoms. The van der Waals surface area contributed by atoms with Crippen LogP contribution in [0.4, 0.5) is 0 Å². The van der Waals surface area contributed by atoms with Crippen LogP contribution in [0.15, 0.2) is 60.7 Å². The van der Waals surface area contributed by atoms with Crippen molar-refractivity contribution < 1.29 is 28.2 Å². The predicted octanol–water partition coefficient (Wildman–Crippen LogP) is 2.49. The van der Waals surface area contributed by atoms with E-state index >= 15 is 0 Å². The first-order valence-corrected chi connectivity index (χ1v) is 9.73. The lowest BCUT2D eigenvalue weighted by Crippen LogP contribution is -2.50. The molecule has 0 saturated carbocycles. The summed E-state index contributed by atoms with van der Waals surface area (Å²) in [5, 5.41) is 0. The number of rotatable bonds is 9. The lowest BCUT2D eigenvalue weighted by atomic mass is 10.0. The van der Waals surface area contributed by atoms with Gasteiger partial charge in [-0.3, -0.25) is 0 Å². The molecule has 0 unspecified atom stereocenters. The molecular formula is C17H23O6PSi. The van der Waals surface area contributed by atoms with E-state index in [1.807, 2.05) is 26.0 Å². The Labute approximate surface area is 151 Å². The summed E-state index contributed by atoms with van der Waals surface area (Å²) in [7, 11) is -2.23. The Morgan fingerprint density at radius 2 is 1.32 bits per heavy atom. The first kappa shape index (κ1) is 19.8. The highest BCUT2D eigenvalue weighted by molar-refractivity contribution is 7.39. The summed E-state index contributed by atoms with van der Waals surface area (Å²) in [5.41, 5.74) is -0.652. The summed E-state index contributed by atoms with van der Waals surface area (Å²) >= 11 is 0. The van der Waals surface area contributed by atoms with Gasteiger partial charge in [0.25, 0.3) is 0 Å². The third kappa shape index (κ3) is 6.39. The van der Waals surface area contributed by atoms with Gasteiger partial charge in [-0.05, 0) is 38.1 Å². The molecule has 0 aliphatic rings. The van der Waals surface area contributed by atoms with E-state index in [4.69, 9.17) is 18.4 Å². The van der Waals surface area contributed by atoms with Crippen molar-refractivity contribution in [2.75, 3.05) is 0 Å². The van der Waals surface area contributed by atoms with Gasteiger partial charge in [0.15, 0.2) is 0 Å². The molecular weight excluding hydrogens is 359 g/mol. The third-order valence-electron chi connectivity index (χ3n) is 3.45. The monoisotopic (exact) mass is 382 g/mol. The minimum Gasteiger partial charge on any atom is -0.430 e. The maximum absolute atomic E-state index is 9.52. The molecule has 0 heterocycles. The Bertz CT molecular complexity index is 597. The van der Waals surface area contributed by atoms with E-state index < -0.39 is 20.2 Å². The molecule has 2 aromatic carbocycles. The third-order valence-corrected chi connectivity index (χ3v) is 5.00. The number of hydrogen-bond acceptors (Lipinski definition) is 6. The second kappa shape index (κ2) is 8.76. The van der Waals surface area contributed by atoms with Gasteiger partial charge in [0, 0.05) is 0 Å². The molecule has 0 spiro atoms. The second-order valence-electron chi connectivity index (χ2n) is 6.00. The molecule has 0 atom stereocenters. The van der Waals surface area contributed by atoms with Crippen molar-refractivity contribution in [1.82, 2.24) is 0 Å². The van der Waals surface area contributed by atoms with Crippen LogP contribution in [0.5, 0.6) is 11.5 Å². The Morgan fingerprint density at radius 1 is 0.880 bits per heavy atom. The molecule has 0 aromatic heterocycles. The van der Waals surface area contributed by atoms with Crippen LogP contribution in [0, 0.1) is 0 Å². The van der Waals surface area contributed by atoms with Crippen LogP contribution in [0.3, 0.4) is 0 Å². The summed E-state index contributed by atoms with van der Waals surface area (Å²) in [6, 6.07) is 17.9. The van der Waals surface area contributed by atoms with Gasteiger partial charge in [0.2, 0.25) is 0 Å². The van der Waals surface area contributed by atoms with Gasteiger partial charge in [0.1, 0.15) is 22.0 Å². The maximum atomic E-state index is 9.52. The van der Waals surface area contributed by atoms with Crippen molar-refractivity contribution in [2.24, 2.45) is 0 Å². The fourth-order valence-electron chi connectivity index (χ4n) is 2.22. The molecule has 2 aromatic rings. The molecule has 0 saturated heterocycles. The molecule has 0 fully saturated rings. The SMILES string of the molecule is CC(C)(CC(Oc1ccccc1)(Oc1ccccc1)OP(O)O)O[SiH3]. The van der Waals surface area contributed by atoms with Gasteiger partial charge in [-0.15, -0.1) is 0 Å². The highest BCUT2D eigenvalue weighted by Crippen LogP contribution is 2.40. The first-order valence-electron chi connectivity index (χ1n) is 7.74. The van der Waals surface area contributed by atoms with E-state index in [0.717, 1.165) is 0 Å². The molecule has 2 rings (SSSR count). The molecule has 8 heteroatoms. The minimum absolute atomic E-state index is 0.118. The van der Waals surface area contributed by atoms with E-state index in [1.165, 1.54) is 0 Å². The predicted molar refractivity (Wildman–Crippen MR) is 99.0 cm³/mol. The number of hydrogen-bond donors (Lipinski definition) is 2. The zero-order valence-corrected chi connectivity index (χ0v) is 17.3. The molecule has 0 aliphatic heterocycles.